The number of methoxy groups -OCH3 is 1. The smallest absolute Gasteiger partial charge is 0.234 e. The number of nitrogens with zero attached hydrogens (tertiary/aromatic N) is 4. The van der Waals surface area contributed by atoms with E-state index >= 15 is 0 Å². The van der Waals surface area contributed by atoms with Gasteiger partial charge in [0.25, 0.3) is 0 Å². The van der Waals surface area contributed by atoms with E-state index in [2.05, 4.69) is 29.1 Å². The van der Waals surface area contributed by atoms with Gasteiger partial charge in [-0.15, -0.1) is 10.2 Å². The molecule has 0 fully saturated rings. The Bertz CT molecular complexity index is 502. The summed E-state index contributed by atoms with van der Waals surface area (Å²) < 4.78 is 6.80. The first-order valence-electron chi connectivity index (χ1n) is 5.55. The van der Waals surface area contributed by atoms with E-state index < -0.39 is 0 Å². The van der Waals surface area contributed by atoms with Crippen LogP contribution < -0.4 is 5.73 Å². The summed E-state index contributed by atoms with van der Waals surface area (Å²) in [7, 11) is 1.63. The van der Waals surface area contributed by atoms with Crippen LogP contribution in [0.5, 0.6) is 0 Å². The summed E-state index contributed by atoms with van der Waals surface area (Å²) in [6, 6.07) is 0. The first kappa shape index (κ1) is 12.4. The average Bonchev–Trinajstić information content (AvgIpc) is 2.91. The van der Waals surface area contributed by atoms with Gasteiger partial charge in [-0.1, -0.05) is 25.2 Å². The van der Waals surface area contributed by atoms with Gasteiger partial charge in [0, 0.05) is 19.1 Å². The Hall–Kier alpha value is -1.05. The van der Waals surface area contributed by atoms with Crippen LogP contribution in [0.1, 0.15) is 31.1 Å². The Morgan fingerprint density at radius 2 is 2.24 bits per heavy atom. The van der Waals surface area contributed by atoms with Crippen molar-refractivity contribution in [3.63, 3.8) is 0 Å². The molecule has 0 aliphatic rings. The molecule has 2 N–H and O–H groups in total. The highest BCUT2D eigenvalue weighted by molar-refractivity contribution is 7.16. The van der Waals surface area contributed by atoms with Crippen molar-refractivity contribution in [2.45, 2.75) is 32.3 Å². The molecule has 0 aliphatic heterocycles. The molecule has 2 aromatic rings. The molecule has 1 unspecified atom stereocenters. The summed E-state index contributed by atoms with van der Waals surface area (Å²) in [5.41, 5.74) is 5.75. The molecule has 6 nitrogen and oxygen atoms in total. The fourth-order valence-electron chi connectivity index (χ4n) is 1.50. The van der Waals surface area contributed by atoms with Crippen LogP contribution in [-0.2, 0) is 16.8 Å². The van der Waals surface area contributed by atoms with E-state index in [1.807, 2.05) is 0 Å². The maximum Gasteiger partial charge on any atom is 0.234 e. The van der Waals surface area contributed by atoms with Gasteiger partial charge < -0.3 is 10.5 Å². The fraction of sp³-hybridized carbons (Fsp3) is 0.700. The van der Waals surface area contributed by atoms with E-state index in [4.69, 9.17) is 10.5 Å². The Kier molecular flexibility index (Phi) is 3.41. The van der Waals surface area contributed by atoms with Crippen LogP contribution >= 0.6 is 11.3 Å². The summed E-state index contributed by atoms with van der Waals surface area (Å²) in [4.78, 5) is 0.792. The number of ether oxygens (including phenoxy) is 1. The zero-order valence-corrected chi connectivity index (χ0v) is 11.1. The number of fused-ring (bicyclic) bond motifs is 1. The second-order valence-electron chi connectivity index (χ2n) is 4.27. The maximum absolute atomic E-state index is 5.83. The largest absolute Gasteiger partial charge is 0.377 e. The van der Waals surface area contributed by atoms with Crippen molar-refractivity contribution >= 4 is 16.3 Å². The lowest BCUT2D eigenvalue weighted by atomic mass is 9.89. The molecule has 94 valence electrons. The number of rotatable bonds is 5. The molecule has 0 radical (unpaired) electrons. The van der Waals surface area contributed by atoms with Gasteiger partial charge in [-0.3, -0.25) is 0 Å². The molecule has 0 amide bonds. The van der Waals surface area contributed by atoms with E-state index in [0.29, 0.717) is 13.2 Å². The van der Waals surface area contributed by atoms with Crippen molar-refractivity contribution < 1.29 is 4.74 Å². The van der Waals surface area contributed by atoms with Crippen LogP contribution in [-0.4, -0.2) is 33.5 Å². The van der Waals surface area contributed by atoms with Gasteiger partial charge in [0.1, 0.15) is 11.6 Å². The van der Waals surface area contributed by atoms with Gasteiger partial charge in [-0.25, -0.2) is 0 Å². The summed E-state index contributed by atoms with van der Waals surface area (Å²) in [5.74, 6) is 0.723. The standard InChI is InChI=1S/C10H17N5OS/c1-4-10(2,6-11)8-14-15-7(5-16-3)12-13-9(15)17-8/h4-6,11H2,1-3H3. The molecule has 2 heterocycles. The maximum atomic E-state index is 5.83. The van der Waals surface area contributed by atoms with Crippen molar-refractivity contribution in [2.75, 3.05) is 13.7 Å². The van der Waals surface area contributed by atoms with Crippen LogP contribution in [0.4, 0.5) is 0 Å². The van der Waals surface area contributed by atoms with Crippen LogP contribution in [0.2, 0.25) is 0 Å². The van der Waals surface area contributed by atoms with Crippen molar-refractivity contribution in [1.82, 2.24) is 19.8 Å². The second-order valence-corrected chi connectivity index (χ2v) is 5.23. The van der Waals surface area contributed by atoms with E-state index in [0.717, 1.165) is 22.2 Å². The molecule has 0 aliphatic carbocycles. The molecule has 0 bridgehead atoms. The molecular weight excluding hydrogens is 238 g/mol. The lowest BCUT2D eigenvalue weighted by Crippen LogP contribution is -2.31. The van der Waals surface area contributed by atoms with Crippen LogP contribution in [0.3, 0.4) is 0 Å². The lowest BCUT2D eigenvalue weighted by Gasteiger charge is -2.22. The van der Waals surface area contributed by atoms with Crippen molar-refractivity contribution in [2.24, 2.45) is 5.73 Å². The minimum absolute atomic E-state index is 0.0876. The third kappa shape index (κ3) is 2.05. The van der Waals surface area contributed by atoms with Crippen molar-refractivity contribution in [3.05, 3.63) is 10.8 Å². The van der Waals surface area contributed by atoms with Crippen LogP contribution in [0, 0.1) is 0 Å². The minimum atomic E-state index is -0.0876. The predicted octanol–water partition coefficient (Wildman–Crippen LogP) is 0.959. The first-order chi connectivity index (χ1) is 8.14. The molecule has 0 spiro atoms. The van der Waals surface area contributed by atoms with Gasteiger partial charge in [-0.2, -0.15) is 9.61 Å². The molecule has 1 atom stereocenters. The molecule has 2 aromatic heterocycles. The SMILES string of the molecule is CCC(C)(CN)c1nn2c(COC)nnc2s1. The first-order valence-corrected chi connectivity index (χ1v) is 6.37. The highest BCUT2D eigenvalue weighted by Gasteiger charge is 2.28. The summed E-state index contributed by atoms with van der Waals surface area (Å²) in [5, 5.41) is 13.7. The quantitative estimate of drug-likeness (QED) is 0.861. The molecule has 0 saturated carbocycles. The highest BCUT2D eigenvalue weighted by Crippen LogP contribution is 2.30. The summed E-state index contributed by atoms with van der Waals surface area (Å²) >= 11 is 1.54. The number of hydrogen-bond donors (Lipinski definition) is 1. The normalized spacial score (nSPS) is 15.3. The predicted molar refractivity (Wildman–Crippen MR) is 66.1 cm³/mol. The molecular formula is C10H17N5OS. The Labute approximate surface area is 104 Å². The Morgan fingerprint density at radius 3 is 2.82 bits per heavy atom. The monoisotopic (exact) mass is 255 g/mol. The number of nitrogens with two attached hydrogens (primary N) is 1. The van der Waals surface area contributed by atoms with Gasteiger partial charge >= 0.3 is 0 Å². The van der Waals surface area contributed by atoms with E-state index in [9.17, 15) is 0 Å². The number of aromatic nitrogens is 4. The minimum Gasteiger partial charge on any atom is -0.377 e. The van der Waals surface area contributed by atoms with Gasteiger partial charge in [0.15, 0.2) is 5.82 Å². The van der Waals surface area contributed by atoms with Gasteiger partial charge in [0.05, 0.1) is 0 Å². The summed E-state index contributed by atoms with van der Waals surface area (Å²) in [6.45, 7) is 5.23. The van der Waals surface area contributed by atoms with Gasteiger partial charge in [0.2, 0.25) is 4.96 Å². The topological polar surface area (TPSA) is 78.3 Å². The van der Waals surface area contributed by atoms with E-state index in [1.54, 1.807) is 23.0 Å². The third-order valence-corrected chi connectivity index (χ3v) is 4.28. The van der Waals surface area contributed by atoms with Crippen molar-refractivity contribution in [1.29, 1.82) is 0 Å². The molecule has 2 rings (SSSR count). The van der Waals surface area contributed by atoms with Gasteiger partial charge in [-0.05, 0) is 6.42 Å². The Morgan fingerprint density at radius 1 is 1.47 bits per heavy atom. The lowest BCUT2D eigenvalue weighted by molar-refractivity contribution is 0.176. The third-order valence-electron chi connectivity index (χ3n) is 3.08. The highest BCUT2D eigenvalue weighted by atomic mass is 32.1. The van der Waals surface area contributed by atoms with Crippen LogP contribution in [0.15, 0.2) is 0 Å². The second kappa shape index (κ2) is 4.67. The molecule has 7 heteroatoms. The summed E-state index contributed by atoms with van der Waals surface area (Å²) in [6.07, 6.45) is 0.952. The Balaban J connectivity index is 2.44. The fourth-order valence-corrected chi connectivity index (χ4v) is 2.59. The van der Waals surface area contributed by atoms with Crippen molar-refractivity contribution in [3.8, 4) is 0 Å². The van der Waals surface area contributed by atoms with E-state index in [1.165, 1.54) is 0 Å². The van der Waals surface area contributed by atoms with E-state index in [-0.39, 0.29) is 5.41 Å². The average molecular weight is 255 g/mol. The zero-order valence-electron chi connectivity index (χ0n) is 10.3. The van der Waals surface area contributed by atoms with Crippen LogP contribution in [0.25, 0.3) is 4.96 Å². The molecule has 0 saturated heterocycles. The number of hydrogen-bond acceptors (Lipinski definition) is 6. The molecule has 17 heavy (non-hydrogen) atoms. The molecule has 0 aromatic carbocycles. The zero-order chi connectivity index (χ0) is 12.5.